The minimum Gasteiger partial charge on any atom is -0.375 e. The van der Waals surface area contributed by atoms with Crippen LogP contribution >= 0.6 is 0 Å². The number of hydrogen-bond donors (Lipinski definition) is 0. The van der Waals surface area contributed by atoms with Gasteiger partial charge in [0.2, 0.25) is 5.91 Å². The number of morpholine rings is 1. The summed E-state index contributed by atoms with van der Waals surface area (Å²) < 4.78 is 5.96. The number of carbonyl (C=O) groups is 1. The second-order valence-electron chi connectivity index (χ2n) is 7.12. The number of carbonyl (C=O) groups excluding carboxylic acids is 1. The van der Waals surface area contributed by atoms with Crippen LogP contribution in [0, 0.1) is 11.8 Å². The smallest absolute Gasteiger partial charge is 0.225 e. The van der Waals surface area contributed by atoms with Gasteiger partial charge in [0.15, 0.2) is 0 Å². The predicted octanol–water partition coefficient (Wildman–Crippen LogP) is 1.50. The van der Waals surface area contributed by atoms with E-state index in [-0.39, 0.29) is 5.92 Å². The van der Waals surface area contributed by atoms with Crippen LogP contribution < -0.4 is 0 Å². The third-order valence-corrected chi connectivity index (χ3v) is 5.61. The fraction of sp³-hybridized carbons (Fsp3) is 0.938. The summed E-state index contributed by atoms with van der Waals surface area (Å²) in [4.78, 5) is 17.3. The van der Waals surface area contributed by atoms with Crippen molar-refractivity contribution in [2.45, 2.75) is 50.7 Å². The molecule has 0 N–H and O–H groups in total. The van der Waals surface area contributed by atoms with E-state index in [0.29, 0.717) is 18.1 Å². The van der Waals surface area contributed by atoms with E-state index in [2.05, 4.69) is 9.80 Å². The van der Waals surface area contributed by atoms with Crippen LogP contribution in [0.2, 0.25) is 0 Å². The molecule has 0 aromatic heterocycles. The van der Waals surface area contributed by atoms with Gasteiger partial charge in [-0.3, -0.25) is 9.69 Å². The molecule has 2 heterocycles. The van der Waals surface area contributed by atoms with Crippen molar-refractivity contribution >= 4 is 5.91 Å². The average molecular weight is 278 g/mol. The van der Waals surface area contributed by atoms with E-state index < -0.39 is 0 Å². The number of fused-ring (bicyclic) bond motifs is 1. The fourth-order valence-electron chi connectivity index (χ4n) is 4.28. The van der Waals surface area contributed by atoms with Gasteiger partial charge in [-0.15, -0.1) is 0 Å². The molecule has 2 aliphatic heterocycles. The highest BCUT2D eigenvalue weighted by molar-refractivity contribution is 5.79. The molecule has 4 rings (SSSR count). The van der Waals surface area contributed by atoms with Crippen molar-refractivity contribution in [1.82, 2.24) is 9.80 Å². The van der Waals surface area contributed by atoms with Gasteiger partial charge >= 0.3 is 0 Å². The zero-order valence-electron chi connectivity index (χ0n) is 12.3. The zero-order valence-corrected chi connectivity index (χ0v) is 12.3. The van der Waals surface area contributed by atoms with Gasteiger partial charge in [-0.25, -0.2) is 0 Å². The molecule has 4 nitrogen and oxygen atoms in total. The van der Waals surface area contributed by atoms with Crippen molar-refractivity contribution in [3.8, 4) is 0 Å². The van der Waals surface area contributed by atoms with Crippen molar-refractivity contribution in [2.24, 2.45) is 11.8 Å². The lowest BCUT2D eigenvalue weighted by Crippen LogP contribution is -2.49. The Bertz CT molecular complexity index is 377. The third kappa shape index (κ3) is 2.48. The molecule has 4 heteroatoms. The molecular formula is C16H26N2O2. The zero-order chi connectivity index (χ0) is 13.5. The summed E-state index contributed by atoms with van der Waals surface area (Å²) in [6.07, 6.45) is 7.51. The molecule has 0 bridgehead atoms. The van der Waals surface area contributed by atoms with E-state index in [4.69, 9.17) is 4.74 Å². The summed E-state index contributed by atoms with van der Waals surface area (Å²) in [6, 6.07) is 0.515. The van der Waals surface area contributed by atoms with Gasteiger partial charge in [-0.05, 0) is 44.4 Å². The first kappa shape index (κ1) is 13.1. The van der Waals surface area contributed by atoms with E-state index in [1.165, 1.54) is 32.2 Å². The van der Waals surface area contributed by atoms with Crippen LogP contribution in [0.15, 0.2) is 0 Å². The summed E-state index contributed by atoms with van der Waals surface area (Å²) >= 11 is 0. The summed E-state index contributed by atoms with van der Waals surface area (Å²) in [6.45, 7) is 5.14. The molecule has 2 saturated carbocycles. The SMILES string of the molecule is O=C([C@H]1C[C@@H]2[C@@H](C1)OCCN2CC1CC1)N1CCCC1. The second kappa shape index (κ2) is 5.30. The molecule has 20 heavy (non-hydrogen) atoms. The highest BCUT2D eigenvalue weighted by Crippen LogP contribution is 2.38. The molecule has 3 atom stereocenters. The highest BCUT2D eigenvalue weighted by atomic mass is 16.5. The molecule has 2 aliphatic carbocycles. The van der Waals surface area contributed by atoms with Gasteiger partial charge < -0.3 is 9.64 Å². The summed E-state index contributed by atoms with van der Waals surface area (Å²) in [5, 5.41) is 0. The maximum Gasteiger partial charge on any atom is 0.225 e. The quantitative estimate of drug-likeness (QED) is 0.784. The van der Waals surface area contributed by atoms with E-state index in [1.807, 2.05) is 0 Å². The molecule has 0 spiro atoms. The van der Waals surface area contributed by atoms with Crippen LogP contribution in [0.25, 0.3) is 0 Å². The van der Waals surface area contributed by atoms with Gasteiger partial charge in [0.25, 0.3) is 0 Å². The summed E-state index contributed by atoms with van der Waals surface area (Å²) in [5.41, 5.74) is 0. The van der Waals surface area contributed by atoms with Crippen molar-refractivity contribution in [2.75, 3.05) is 32.8 Å². The van der Waals surface area contributed by atoms with E-state index in [1.54, 1.807) is 0 Å². The first-order valence-corrected chi connectivity index (χ1v) is 8.45. The molecule has 0 radical (unpaired) electrons. The number of rotatable bonds is 3. The highest BCUT2D eigenvalue weighted by Gasteiger charge is 2.45. The summed E-state index contributed by atoms with van der Waals surface area (Å²) in [7, 11) is 0. The molecule has 0 unspecified atom stereocenters. The lowest BCUT2D eigenvalue weighted by Gasteiger charge is -2.37. The first-order chi connectivity index (χ1) is 9.81. The molecule has 2 saturated heterocycles. The normalized spacial score (nSPS) is 38.2. The molecule has 4 fully saturated rings. The van der Waals surface area contributed by atoms with Gasteiger partial charge in [-0.1, -0.05) is 0 Å². The second-order valence-corrected chi connectivity index (χ2v) is 7.12. The van der Waals surface area contributed by atoms with Crippen molar-refractivity contribution in [3.05, 3.63) is 0 Å². The Morgan fingerprint density at radius 2 is 1.90 bits per heavy atom. The molecule has 4 aliphatic rings. The van der Waals surface area contributed by atoms with Crippen LogP contribution in [-0.4, -0.2) is 60.6 Å². The Labute approximate surface area is 121 Å². The number of amides is 1. The standard InChI is InChI=1S/C16H26N2O2/c19-16(17-5-1-2-6-17)13-9-14-15(10-13)20-8-7-18(14)11-12-3-4-12/h12-15H,1-11H2/t13-,14+,15+/m0/s1. The molecule has 112 valence electrons. The van der Waals surface area contributed by atoms with Crippen LogP contribution in [0.5, 0.6) is 0 Å². The van der Waals surface area contributed by atoms with E-state index in [9.17, 15) is 4.79 Å². The molecule has 0 aromatic rings. The van der Waals surface area contributed by atoms with Crippen molar-refractivity contribution in [1.29, 1.82) is 0 Å². The minimum absolute atomic E-state index is 0.225. The van der Waals surface area contributed by atoms with E-state index in [0.717, 1.165) is 45.0 Å². The van der Waals surface area contributed by atoms with Crippen LogP contribution in [-0.2, 0) is 9.53 Å². The Morgan fingerprint density at radius 3 is 2.65 bits per heavy atom. The lowest BCUT2D eigenvalue weighted by molar-refractivity contribution is -0.134. The maximum atomic E-state index is 12.6. The largest absolute Gasteiger partial charge is 0.375 e. The maximum absolute atomic E-state index is 12.6. The van der Waals surface area contributed by atoms with Gasteiger partial charge in [-0.2, -0.15) is 0 Å². The van der Waals surface area contributed by atoms with E-state index >= 15 is 0 Å². The number of likely N-dealkylation sites (tertiary alicyclic amines) is 1. The van der Waals surface area contributed by atoms with Gasteiger partial charge in [0.05, 0.1) is 12.7 Å². The van der Waals surface area contributed by atoms with Crippen LogP contribution in [0.1, 0.15) is 38.5 Å². The van der Waals surface area contributed by atoms with Crippen LogP contribution in [0.4, 0.5) is 0 Å². The fourth-order valence-corrected chi connectivity index (χ4v) is 4.28. The Kier molecular flexibility index (Phi) is 3.47. The Hall–Kier alpha value is -0.610. The Morgan fingerprint density at radius 1 is 1.10 bits per heavy atom. The topological polar surface area (TPSA) is 32.8 Å². The summed E-state index contributed by atoms with van der Waals surface area (Å²) in [5.74, 6) is 1.57. The van der Waals surface area contributed by atoms with Crippen molar-refractivity contribution in [3.63, 3.8) is 0 Å². The predicted molar refractivity (Wildman–Crippen MR) is 76.4 cm³/mol. The number of hydrogen-bond acceptors (Lipinski definition) is 3. The molecular weight excluding hydrogens is 252 g/mol. The van der Waals surface area contributed by atoms with Crippen molar-refractivity contribution < 1.29 is 9.53 Å². The first-order valence-electron chi connectivity index (χ1n) is 8.45. The van der Waals surface area contributed by atoms with Gasteiger partial charge in [0, 0.05) is 38.1 Å². The molecule has 1 amide bonds. The number of ether oxygens (including phenoxy) is 1. The lowest BCUT2D eigenvalue weighted by atomic mass is 10.1. The number of nitrogens with zero attached hydrogens (tertiary/aromatic N) is 2. The van der Waals surface area contributed by atoms with Crippen LogP contribution in [0.3, 0.4) is 0 Å². The third-order valence-electron chi connectivity index (χ3n) is 5.61. The minimum atomic E-state index is 0.225. The average Bonchev–Trinajstić information content (AvgIpc) is 2.97. The molecule has 0 aromatic carbocycles. The van der Waals surface area contributed by atoms with Gasteiger partial charge in [0.1, 0.15) is 0 Å². The Balaban J connectivity index is 1.40. The monoisotopic (exact) mass is 278 g/mol.